The summed E-state index contributed by atoms with van der Waals surface area (Å²) < 4.78 is 5.57. The van der Waals surface area contributed by atoms with Crippen LogP contribution in [0.25, 0.3) is 0 Å². The summed E-state index contributed by atoms with van der Waals surface area (Å²) in [5.74, 6) is 0.920. The molecule has 6 heteroatoms. The molecule has 2 aromatic rings. The second-order valence-corrected chi connectivity index (χ2v) is 3.97. The van der Waals surface area contributed by atoms with E-state index in [1.165, 1.54) is 18.5 Å². The van der Waals surface area contributed by atoms with Crippen LogP contribution in [0.5, 0.6) is 11.6 Å². The van der Waals surface area contributed by atoms with Crippen LogP contribution in [-0.4, -0.2) is 20.9 Å². The molecular formula is C13H14N4O2. The van der Waals surface area contributed by atoms with Crippen LogP contribution in [0.15, 0.2) is 24.5 Å². The van der Waals surface area contributed by atoms with Crippen molar-refractivity contribution in [2.45, 2.75) is 20.3 Å². The number of pyridine rings is 1. The Hall–Kier alpha value is -2.50. The molecule has 19 heavy (non-hydrogen) atoms. The molecule has 2 N–H and O–H groups in total. The van der Waals surface area contributed by atoms with E-state index in [9.17, 15) is 4.79 Å². The van der Waals surface area contributed by atoms with Crippen molar-refractivity contribution in [1.29, 1.82) is 0 Å². The van der Waals surface area contributed by atoms with Crippen molar-refractivity contribution < 1.29 is 9.53 Å². The van der Waals surface area contributed by atoms with E-state index >= 15 is 0 Å². The van der Waals surface area contributed by atoms with Gasteiger partial charge in [0.25, 0.3) is 0 Å². The first-order valence-corrected chi connectivity index (χ1v) is 5.85. The predicted molar refractivity (Wildman–Crippen MR) is 69.0 cm³/mol. The van der Waals surface area contributed by atoms with Crippen LogP contribution in [0.1, 0.15) is 28.8 Å². The smallest absolute Gasteiger partial charge is 0.250 e. The lowest BCUT2D eigenvalue weighted by Gasteiger charge is -2.07. The van der Waals surface area contributed by atoms with Crippen LogP contribution in [-0.2, 0) is 6.42 Å². The standard InChI is InChI=1S/C13H14N4O2/c1-3-10-5-12(17-8(2)16-10)19-11-4-9(13(14)18)6-15-7-11/h4-7H,3H2,1-2H3,(H2,14,18). The Balaban J connectivity index is 2.28. The molecule has 0 aliphatic heterocycles. The van der Waals surface area contributed by atoms with Crippen LogP contribution in [0.3, 0.4) is 0 Å². The lowest BCUT2D eigenvalue weighted by atomic mass is 10.2. The summed E-state index contributed by atoms with van der Waals surface area (Å²) in [6.07, 6.45) is 3.67. The van der Waals surface area contributed by atoms with Gasteiger partial charge in [0, 0.05) is 18.0 Å². The summed E-state index contributed by atoms with van der Waals surface area (Å²) in [5.41, 5.74) is 6.37. The zero-order chi connectivity index (χ0) is 13.8. The first-order chi connectivity index (χ1) is 9.08. The van der Waals surface area contributed by atoms with Crippen LogP contribution < -0.4 is 10.5 Å². The van der Waals surface area contributed by atoms with E-state index in [4.69, 9.17) is 10.5 Å². The first-order valence-electron chi connectivity index (χ1n) is 5.85. The van der Waals surface area contributed by atoms with Crippen molar-refractivity contribution in [3.8, 4) is 11.6 Å². The van der Waals surface area contributed by atoms with Crippen LogP contribution in [0.4, 0.5) is 0 Å². The van der Waals surface area contributed by atoms with Crippen molar-refractivity contribution in [2.24, 2.45) is 5.73 Å². The minimum absolute atomic E-state index is 0.291. The molecule has 0 saturated heterocycles. The van der Waals surface area contributed by atoms with E-state index < -0.39 is 5.91 Å². The normalized spacial score (nSPS) is 10.2. The lowest BCUT2D eigenvalue weighted by Crippen LogP contribution is -2.11. The number of hydrogen-bond acceptors (Lipinski definition) is 5. The lowest BCUT2D eigenvalue weighted by molar-refractivity contribution is 0.0999. The van der Waals surface area contributed by atoms with Gasteiger partial charge in [-0.2, -0.15) is 4.98 Å². The van der Waals surface area contributed by atoms with Gasteiger partial charge >= 0.3 is 0 Å². The third-order valence-electron chi connectivity index (χ3n) is 2.45. The number of rotatable bonds is 4. The van der Waals surface area contributed by atoms with Gasteiger partial charge in [0.1, 0.15) is 11.6 Å². The van der Waals surface area contributed by atoms with Gasteiger partial charge < -0.3 is 10.5 Å². The van der Waals surface area contributed by atoms with Gasteiger partial charge in [-0.1, -0.05) is 6.92 Å². The molecule has 0 bridgehead atoms. The highest BCUT2D eigenvalue weighted by atomic mass is 16.5. The van der Waals surface area contributed by atoms with E-state index in [2.05, 4.69) is 15.0 Å². The van der Waals surface area contributed by atoms with Gasteiger partial charge in [-0.3, -0.25) is 9.78 Å². The Kier molecular flexibility index (Phi) is 3.70. The van der Waals surface area contributed by atoms with Crippen molar-refractivity contribution in [1.82, 2.24) is 15.0 Å². The fraction of sp³-hybridized carbons (Fsp3) is 0.231. The third-order valence-corrected chi connectivity index (χ3v) is 2.45. The Morgan fingerprint density at radius 1 is 1.32 bits per heavy atom. The van der Waals surface area contributed by atoms with Crippen molar-refractivity contribution in [2.75, 3.05) is 0 Å². The van der Waals surface area contributed by atoms with Gasteiger partial charge in [-0.15, -0.1) is 0 Å². The number of primary amides is 1. The van der Waals surface area contributed by atoms with Crippen molar-refractivity contribution in [3.05, 3.63) is 41.6 Å². The van der Waals surface area contributed by atoms with E-state index in [1.54, 1.807) is 13.0 Å². The number of nitrogens with two attached hydrogens (primary N) is 1. The number of amides is 1. The zero-order valence-electron chi connectivity index (χ0n) is 10.8. The minimum Gasteiger partial charge on any atom is -0.437 e. The summed E-state index contributed by atoms with van der Waals surface area (Å²) in [6.45, 7) is 3.80. The highest BCUT2D eigenvalue weighted by molar-refractivity contribution is 5.92. The van der Waals surface area contributed by atoms with Crippen LogP contribution in [0.2, 0.25) is 0 Å². The highest BCUT2D eigenvalue weighted by Gasteiger charge is 2.06. The molecule has 2 rings (SSSR count). The van der Waals surface area contributed by atoms with Gasteiger partial charge in [0.15, 0.2) is 0 Å². The molecule has 0 spiro atoms. The largest absolute Gasteiger partial charge is 0.437 e. The predicted octanol–water partition coefficient (Wildman–Crippen LogP) is 1.63. The van der Waals surface area contributed by atoms with E-state index in [1.807, 2.05) is 6.92 Å². The van der Waals surface area contributed by atoms with Crippen LogP contribution >= 0.6 is 0 Å². The van der Waals surface area contributed by atoms with Crippen LogP contribution in [0, 0.1) is 6.92 Å². The number of ether oxygens (including phenoxy) is 1. The van der Waals surface area contributed by atoms with Gasteiger partial charge in [-0.05, 0) is 19.4 Å². The maximum Gasteiger partial charge on any atom is 0.250 e. The average Bonchev–Trinajstić information content (AvgIpc) is 2.38. The summed E-state index contributed by atoms with van der Waals surface area (Å²) in [6, 6.07) is 3.28. The van der Waals surface area contributed by atoms with Crippen molar-refractivity contribution >= 4 is 5.91 Å². The molecule has 6 nitrogen and oxygen atoms in total. The molecule has 98 valence electrons. The number of aromatic nitrogens is 3. The maximum atomic E-state index is 11.1. The number of nitrogens with zero attached hydrogens (tertiary/aromatic N) is 3. The van der Waals surface area contributed by atoms with E-state index in [0.29, 0.717) is 23.0 Å². The summed E-state index contributed by atoms with van der Waals surface area (Å²) in [7, 11) is 0. The SMILES string of the molecule is CCc1cc(Oc2cncc(C(N)=O)c2)nc(C)n1. The Morgan fingerprint density at radius 2 is 2.11 bits per heavy atom. The molecule has 2 heterocycles. The molecule has 0 radical (unpaired) electrons. The van der Waals surface area contributed by atoms with Gasteiger partial charge in [0.05, 0.1) is 11.8 Å². The fourth-order valence-electron chi connectivity index (χ4n) is 1.56. The second kappa shape index (κ2) is 5.43. The molecule has 0 atom stereocenters. The topological polar surface area (TPSA) is 91.0 Å². The highest BCUT2D eigenvalue weighted by Crippen LogP contribution is 2.20. The fourth-order valence-corrected chi connectivity index (χ4v) is 1.56. The molecule has 0 aromatic carbocycles. The monoisotopic (exact) mass is 258 g/mol. The quantitative estimate of drug-likeness (QED) is 0.900. The summed E-state index contributed by atoms with van der Waals surface area (Å²) in [5, 5.41) is 0. The molecule has 0 aliphatic carbocycles. The number of carbonyl (C=O) groups excluding carboxylic acids is 1. The second-order valence-electron chi connectivity index (χ2n) is 3.97. The molecule has 1 amide bonds. The molecule has 0 aliphatic rings. The summed E-state index contributed by atoms with van der Waals surface area (Å²) >= 11 is 0. The molecule has 2 aromatic heterocycles. The molecule has 0 unspecified atom stereocenters. The maximum absolute atomic E-state index is 11.1. The molecule has 0 saturated carbocycles. The minimum atomic E-state index is -0.550. The molecule has 0 fully saturated rings. The Labute approximate surface area is 110 Å². The zero-order valence-corrected chi connectivity index (χ0v) is 10.8. The number of hydrogen-bond donors (Lipinski definition) is 1. The van der Waals surface area contributed by atoms with Gasteiger partial charge in [0.2, 0.25) is 11.8 Å². The Morgan fingerprint density at radius 3 is 2.79 bits per heavy atom. The van der Waals surface area contributed by atoms with Crippen molar-refractivity contribution in [3.63, 3.8) is 0 Å². The number of aryl methyl sites for hydroxylation is 2. The third kappa shape index (κ3) is 3.25. The summed E-state index contributed by atoms with van der Waals surface area (Å²) in [4.78, 5) is 23.4. The Bertz CT molecular complexity index is 613. The molecular weight excluding hydrogens is 244 g/mol. The van der Waals surface area contributed by atoms with Gasteiger partial charge in [-0.25, -0.2) is 4.98 Å². The van der Waals surface area contributed by atoms with E-state index in [-0.39, 0.29) is 0 Å². The van der Waals surface area contributed by atoms with E-state index in [0.717, 1.165) is 12.1 Å². The average molecular weight is 258 g/mol. The first kappa shape index (κ1) is 12.9. The number of carbonyl (C=O) groups is 1.